The monoisotopic (exact) mass is 430 g/mol. The van der Waals surface area contributed by atoms with E-state index in [-0.39, 0.29) is 25.0 Å². The number of nitrogens with one attached hydrogen (secondary N) is 2. The van der Waals surface area contributed by atoms with Gasteiger partial charge >= 0.3 is 5.97 Å². The van der Waals surface area contributed by atoms with Gasteiger partial charge < -0.3 is 46.9 Å². The van der Waals surface area contributed by atoms with Crippen molar-refractivity contribution in [2.24, 2.45) is 11.5 Å². The molecule has 172 valence electrons. The number of aliphatic hydroxyl groups is 2. The van der Waals surface area contributed by atoms with Crippen molar-refractivity contribution in [1.29, 1.82) is 0 Å². The molecule has 1 heterocycles. The number of amides is 1. The van der Waals surface area contributed by atoms with Crippen LogP contribution in [0, 0.1) is 0 Å². The lowest BCUT2D eigenvalue weighted by Gasteiger charge is -2.40. The van der Waals surface area contributed by atoms with Crippen LogP contribution in [0.5, 0.6) is 0 Å². The average Bonchev–Trinajstić information content (AvgIpc) is 2.69. The van der Waals surface area contributed by atoms with Gasteiger partial charge in [0.2, 0.25) is 5.91 Å². The Morgan fingerprint density at radius 1 is 1.37 bits per heavy atom. The molecular weight excluding hydrogens is 396 g/mol. The number of carboxylic acids is 1. The van der Waals surface area contributed by atoms with Crippen LogP contribution in [0.2, 0.25) is 0 Å². The molecule has 11 heteroatoms. The normalized spacial score (nSPS) is 30.1. The molecule has 0 aromatic rings. The van der Waals surface area contributed by atoms with Gasteiger partial charge in [-0.05, 0) is 38.3 Å². The molecule has 0 bridgehead atoms. The van der Waals surface area contributed by atoms with Crippen LogP contribution in [0.1, 0.15) is 38.5 Å². The van der Waals surface area contributed by atoms with Crippen LogP contribution in [0.3, 0.4) is 0 Å². The largest absolute Gasteiger partial charge is 0.479 e. The lowest BCUT2D eigenvalue weighted by atomic mass is 9.86. The molecule has 30 heavy (non-hydrogen) atoms. The highest BCUT2D eigenvalue weighted by Gasteiger charge is 2.38. The fraction of sp³-hybridized carbons (Fsp3) is 0.789. The number of aliphatic carboxylic acids is 1. The third kappa shape index (κ3) is 7.82. The summed E-state index contributed by atoms with van der Waals surface area (Å²) in [6.45, 7) is 0.593. The number of nitrogens with two attached hydrogens (primary N) is 2. The Kier molecular flexibility index (Phi) is 9.95. The summed E-state index contributed by atoms with van der Waals surface area (Å²) in [5.74, 6) is -0.820. The van der Waals surface area contributed by atoms with Crippen LogP contribution in [-0.2, 0) is 19.1 Å². The van der Waals surface area contributed by atoms with Gasteiger partial charge in [0.1, 0.15) is 11.9 Å². The molecule has 1 aliphatic carbocycles. The van der Waals surface area contributed by atoms with Crippen molar-refractivity contribution in [2.45, 2.75) is 75.2 Å². The van der Waals surface area contributed by atoms with E-state index in [2.05, 4.69) is 10.6 Å². The van der Waals surface area contributed by atoms with E-state index in [0.717, 1.165) is 0 Å². The summed E-state index contributed by atoms with van der Waals surface area (Å²) >= 11 is 0. The molecule has 0 aromatic heterocycles. The van der Waals surface area contributed by atoms with E-state index in [1.54, 1.807) is 0 Å². The highest BCUT2D eigenvalue weighted by atomic mass is 16.7. The van der Waals surface area contributed by atoms with Gasteiger partial charge in [-0.3, -0.25) is 4.79 Å². The summed E-state index contributed by atoms with van der Waals surface area (Å²) < 4.78 is 11.7. The number of carbonyl (C=O) groups excluding carboxylic acids is 1. The van der Waals surface area contributed by atoms with E-state index < -0.39 is 36.6 Å². The van der Waals surface area contributed by atoms with Crippen LogP contribution in [0.15, 0.2) is 11.8 Å². The van der Waals surface area contributed by atoms with Crippen molar-refractivity contribution in [3.63, 3.8) is 0 Å². The molecular formula is C19H34N4O7. The second-order valence-corrected chi connectivity index (χ2v) is 7.74. The fourth-order valence-electron chi connectivity index (χ4n) is 3.60. The van der Waals surface area contributed by atoms with Gasteiger partial charge in [-0.25, -0.2) is 4.79 Å². The van der Waals surface area contributed by atoms with Crippen molar-refractivity contribution in [3.05, 3.63) is 11.8 Å². The maximum Gasteiger partial charge on any atom is 0.333 e. The smallest absolute Gasteiger partial charge is 0.333 e. The minimum atomic E-state index is -1.49. The number of allylic oxidation sites excluding steroid dienone is 1. The first-order chi connectivity index (χ1) is 14.3. The number of ether oxygens (including phenoxy) is 2. The molecule has 0 spiro atoms. The maximum absolute atomic E-state index is 11.9. The second kappa shape index (κ2) is 12.2. The lowest BCUT2D eigenvalue weighted by Crippen LogP contribution is -2.57. The van der Waals surface area contributed by atoms with E-state index in [1.165, 1.54) is 0 Å². The van der Waals surface area contributed by atoms with Crippen molar-refractivity contribution >= 4 is 11.9 Å². The number of hydrogen-bond acceptors (Lipinski definition) is 9. The summed E-state index contributed by atoms with van der Waals surface area (Å²) in [5.41, 5.74) is 11.6. The zero-order valence-electron chi connectivity index (χ0n) is 17.0. The van der Waals surface area contributed by atoms with Crippen LogP contribution >= 0.6 is 0 Å². The van der Waals surface area contributed by atoms with Crippen LogP contribution in [-0.4, -0.2) is 83.5 Å². The fourth-order valence-corrected chi connectivity index (χ4v) is 3.60. The van der Waals surface area contributed by atoms with Crippen molar-refractivity contribution in [3.8, 4) is 0 Å². The first kappa shape index (κ1) is 24.5. The third-order valence-corrected chi connectivity index (χ3v) is 5.15. The van der Waals surface area contributed by atoms with E-state index in [0.29, 0.717) is 50.8 Å². The molecule has 1 aliphatic heterocycles. The highest BCUT2D eigenvalue weighted by Crippen LogP contribution is 2.26. The summed E-state index contributed by atoms with van der Waals surface area (Å²) in [6, 6.07) is -0.678. The van der Waals surface area contributed by atoms with Crippen LogP contribution in [0.4, 0.5) is 0 Å². The zero-order chi connectivity index (χ0) is 22.1. The molecule has 2 rings (SSSR count). The van der Waals surface area contributed by atoms with Gasteiger partial charge in [0.15, 0.2) is 12.4 Å². The SMILES string of the molecule is NCCCC(=O)N[C@H]1C[C@@H](O)[C@H](O[C@@H]2CCC=C(CNC[C@H](O)C(=O)O)O2)[C@@H](N)C1. The number of carbonyl (C=O) groups is 2. The van der Waals surface area contributed by atoms with Crippen molar-refractivity contribution < 1.29 is 34.4 Å². The highest BCUT2D eigenvalue weighted by molar-refractivity contribution is 5.76. The average molecular weight is 431 g/mol. The number of hydrogen-bond donors (Lipinski definition) is 7. The van der Waals surface area contributed by atoms with Crippen LogP contribution < -0.4 is 22.1 Å². The van der Waals surface area contributed by atoms with Gasteiger partial charge in [-0.15, -0.1) is 0 Å². The topological polar surface area (TPSA) is 189 Å². The summed E-state index contributed by atoms with van der Waals surface area (Å²) in [4.78, 5) is 22.5. The molecule has 2 aliphatic rings. The molecule has 1 saturated carbocycles. The molecule has 0 radical (unpaired) electrons. The predicted molar refractivity (Wildman–Crippen MR) is 107 cm³/mol. The Morgan fingerprint density at radius 3 is 2.80 bits per heavy atom. The minimum absolute atomic E-state index is 0.102. The second-order valence-electron chi connectivity index (χ2n) is 7.74. The van der Waals surface area contributed by atoms with Gasteiger partial charge in [-0.2, -0.15) is 0 Å². The number of carboxylic acid groups (broad SMARTS) is 1. The van der Waals surface area contributed by atoms with Crippen molar-refractivity contribution in [2.75, 3.05) is 19.6 Å². The minimum Gasteiger partial charge on any atom is -0.479 e. The van der Waals surface area contributed by atoms with Gasteiger partial charge in [0, 0.05) is 31.5 Å². The summed E-state index contributed by atoms with van der Waals surface area (Å²) in [7, 11) is 0. The van der Waals surface area contributed by atoms with Gasteiger partial charge in [0.05, 0.1) is 12.6 Å². The standard InChI is InChI=1S/C19H34N4O7/c20-6-2-4-16(26)23-11-7-13(21)18(14(24)8-11)30-17-5-1-3-12(29-17)9-22-10-15(25)19(27)28/h3,11,13-15,17-18,22,24-25H,1-2,4-10,20-21H2,(H,23,26)(H,27,28)/t11-,13+,14-,15+,17-,18-/m1/s1. The Balaban J connectivity index is 1.77. The maximum atomic E-state index is 11.9. The van der Waals surface area contributed by atoms with Crippen molar-refractivity contribution in [1.82, 2.24) is 10.6 Å². The predicted octanol–water partition coefficient (Wildman–Crippen LogP) is -1.87. The Hall–Kier alpha value is -1.76. The molecule has 1 fully saturated rings. The van der Waals surface area contributed by atoms with E-state index in [4.69, 9.17) is 26.0 Å². The first-order valence-corrected chi connectivity index (χ1v) is 10.4. The third-order valence-electron chi connectivity index (χ3n) is 5.15. The molecule has 0 saturated heterocycles. The molecule has 0 aromatic carbocycles. The van der Waals surface area contributed by atoms with Crippen LogP contribution in [0.25, 0.3) is 0 Å². The lowest BCUT2D eigenvalue weighted by molar-refractivity contribution is -0.195. The molecule has 11 nitrogen and oxygen atoms in total. The Morgan fingerprint density at radius 2 is 2.13 bits per heavy atom. The van der Waals surface area contributed by atoms with E-state index in [9.17, 15) is 19.8 Å². The van der Waals surface area contributed by atoms with Gasteiger partial charge in [0.25, 0.3) is 0 Å². The summed E-state index contributed by atoms with van der Waals surface area (Å²) in [6.07, 6.45) is 1.42. The molecule has 6 atom stereocenters. The van der Waals surface area contributed by atoms with E-state index in [1.807, 2.05) is 6.08 Å². The number of aliphatic hydroxyl groups excluding tert-OH is 2. The Bertz CT molecular complexity index is 591. The number of rotatable bonds is 11. The summed E-state index contributed by atoms with van der Waals surface area (Å²) in [5, 5.41) is 34.2. The van der Waals surface area contributed by atoms with Gasteiger partial charge in [-0.1, -0.05) is 0 Å². The Labute approximate surface area is 175 Å². The first-order valence-electron chi connectivity index (χ1n) is 10.4. The van der Waals surface area contributed by atoms with E-state index >= 15 is 0 Å². The molecule has 1 amide bonds. The molecule has 0 unspecified atom stereocenters. The quantitative estimate of drug-likeness (QED) is 0.195. The molecule has 9 N–H and O–H groups in total. The zero-order valence-corrected chi connectivity index (χ0v) is 17.0.